The van der Waals surface area contributed by atoms with Crippen LogP contribution in [0.2, 0.25) is 0 Å². The van der Waals surface area contributed by atoms with E-state index in [0.29, 0.717) is 12.5 Å². The summed E-state index contributed by atoms with van der Waals surface area (Å²) in [7, 11) is -3.57. The van der Waals surface area contributed by atoms with E-state index in [0.717, 1.165) is 31.4 Å². The minimum absolute atomic E-state index is 0.00993. The summed E-state index contributed by atoms with van der Waals surface area (Å²) < 4.78 is 39.1. The molecule has 1 fully saturated rings. The molecule has 0 spiro atoms. The van der Waals surface area contributed by atoms with Crippen LogP contribution in [0.3, 0.4) is 0 Å². The van der Waals surface area contributed by atoms with E-state index in [1.165, 1.54) is 6.07 Å². The van der Waals surface area contributed by atoms with Crippen molar-refractivity contribution in [3.05, 3.63) is 24.0 Å². The molecule has 94 valence electrons. The Bertz CT molecular complexity index is 512. The van der Waals surface area contributed by atoms with Crippen LogP contribution in [0, 0.1) is 11.7 Å². The van der Waals surface area contributed by atoms with Gasteiger partial charge in [-0.05, 0) is 37.0 Å². The number of hydrogen-bond donors (Lipinski definition) is 2. The second-order valence-corrected chi connectivity index (χ2v) is 6.10. The van der Waals surface area contributed by atoms with Gasteiger partial charge < -0.3 is 5.73 Å². The molecular weight excluding hydrogens is 243 g/mol. The van der Waals surface area contributed by atoms with Gasteiger partial charge in [0, 0.05) is 6.54 Å². The van der Waals surface area contributed by atoms with E-state index < -0.39 is 15.8 Å². The third kappa shape index (κ3) is 2.76. The molecule has 0 atom stereocenters. The number of nitrogens with one attached hydrogen (secondary N) is 1. The normalized spacial score (nSPS) is 16.8. The quantitative estimate of drug-likeness (QED) is 0.804. The number of hydrogen-bond acceptors (Lipinski definition) is 3. The van der Waals surface area contributed by atoms with Crippen molar-refractivity contribution in [1.82, 2.24) is 4.72 Å². The average Bonchev–Trinajstić information content (AvgIpc) is 2.19. The van der Waals surface area contributed by atoms with E-state index in [1.807, 2.05) is 0 Å². The molecule has 0 radical (unpaired) electrons. The van der Waals surface area contributed by atoms with Gasteiger partial charge >= 0.3 is 0 Å². The van der Waals surface area contributed by atoms with Crippen LogP contribution in [0.4, 0.5) is 10.1 Å². The maximum Gasteiger partial charge on any atom is 0.240 e. The third-order valence-corrected chi connectivity index (χ3v) is 4.49. The highest BCUT2D eigenvalue weighted by atomic mass is 32.2. The second-order valence-electron chi connectivity index (χ2n) is 4.33. The van der Waals surface area contributed by atoms with Crippen molar-refractivity contribution < 1.29 is 12.8 Å². The summed E-state index contributed by atoms with van der Waals surface area (Å²) in [6.45, 7) is 0.444. The van der Waals surface area contributed by atoms with Gasteiger partial charge in [-0.1, -0.05) is 6.42 Å². The molecule has 3 N–H and O–H groups in total. The van der Waals surface area contributed by atoms with Gasteiger partial charge in [-0.3, -0.25) is 0 Å². The summed E-state index contributed by atoms with van der Waals surface area (Å²) >= 11 is 0. The van der Waals surface area contributed by atoms with Crippen LogP contribution in [0.5, 0.6) is 0 Å². The highest BCUT2D eigenvalue weighted by Gasteiger charge is 2.21. The Kier molecular flexibility index (Phi) is 3.35. The molecule has 0 saturated heterocycles. The lowest BCUT2D eigenvalue weighted by molar-refractivity contribution is 0.316. The Morgan fingerprint density at radius 1 is 1.41 bits per heavy atom. The van der Waals surface area contributed by atoms with Crippen molar-refractivity contribution >= 4 is 15.7 Å². The predicted octanol–water partition coefficient (Wildman–Crippen LogP) is 1.49. The van der Waals surface area contributed by atoms with E-state index in [4.69, 9.17) is 5.73 Å². The van der Waals surface area contributed by atoms with E-state index in [9.17, 15) is 12.8 Å². The number of benzene rings is 1. The molecule has 1 aromatic rings. The Hall–Kier alpha value is -1.14. The van der Waals surface area contributed by atoms with Crippen LogP contribution in [0.25, 0.3) is 0 Å². The second kappa shape index (κ2) is 4.62. The molecule has 0 aromatic heterocycles. The van der Waals surface area contributed by atoms with Gasteiger partial charge in [-0.2, -0.15) is 0 Å². The Morgan fingerprint density at radius 3 is 2.65 bits per heavy atom. The molecule has 0 amide bonds. The Labute approximate surface area is 100 Å². The number of rotatable bonds is 4. The van der Waals surface area contributed by atoms with Crippen molar-refractivity contribution in [3.8, 4) is 0 Å². The lowest BCUT2D eigenvalue weighted by atomic mass is 9.86. The fraction of sp³-hybridized carbons (Fsp3) is 0.455. The first-order chi connectivity index (χ1) is 7.99. The molecule has 17 heavy (non-hydrogen) atoms. The summed E-state index contributed by atoms with van der Waals surface area (Å²) in [5, 5.41) is 0. The third-order valence-electron chi connectivity index (χ3n) is 3.06. The number of nitrogen functional groups attached to an aromatic ring is 1. The van der Waals surface area contributed by atoms with Gasteiger partial charge in [-0.15, -0.1) is 0 Å². The van der Waals surface area contributed by atoms with Crippen LogP contribution >= 0.6 is 0 Å². The zero-order chi connectivity index (χ0) is 12.5. The first kappa shape index (κ1) is 12.3. The molecule has 6 heteroatoms. The topological polar surface area (TPSA) is 72.2 Å². The Balaban J connectivity index is 2.10. The molecule has 1 saturated carbocycles. The standard InChI is InChI=1S/C11H15FN2O2S/c12-10-5-4-9(6-11(10)13)17(15,16)14-7-8-2-1-3-8/h4-6,8,14H,1-3,7,13H2. The van der Waals surface area contributed by atoms with Gasteiger partial charge in [0.2, 0.25) is 10.0 Å². The van der Waals surface area contributed by atoms with Gasteiger partial charge in [0.25, 0.3) is 0 Å². The van der Waals surface area contributed by atoms with Crippen molar-refractivity contribution in [2.75, 3.05) is 12.3 Å². The molecule has 2 rings (SSSR count). The van der Waals surface area contributed by atoms with Crippen molar-refractivity contribution in [3.63, 3.8) is 0 Å². The summed E-state index contributed by atoms with van der Waals surface area (Å²) in [5.74, 6) is -0.175. The van der Waals surface area contributed by atoms with Crippen LogP contribution in [0.15, 0.2) is 23.1 Å². The highest BCUT2D eigenvalue weighted by Crippen LogP contribution is 2.26. The minimum Gasteiger partial charge on any atom is -0.396 e. The monoisotopic (exact) mass is 258 g/mol. The number of sulfonamides is 1. The molecule has 1 aliphatic carbocycles. The molecule has 1 aliphatic rings. The van der Waals surface area contributed by atoms with Gasteiger partial charge in [-0.25, -0.2) is 17.5 Å². The fourth-order valence-corrected chi connectivity index (χ4v) is 2.85. The van der Waals surface area contributed by atoms with E-state index in [1.54, 1.807) is 0 Å². The molecule has 0 aliphatic heterocycles. The van der Waals surface area contributed by atoms with E-state index in [-0.39, 0.29) is 10.6 Å². The molecule has 0 unspecified atom stereocenters. The molecule has 1 aromatic carbocycles. The van der Waals surface area contributed by atoms with Crippen molar-refractivity contribution in [1.29, 1.82) is 0 Å². The molecule has 0 bridgehead atoms. The zero-order valence-corrected chi connectivity index (χ0v) is 10.1. The summed E-state index contributed by atoms with van der Waals surface area (Å²) in [4.78, 5) is 0.00993. The SMILES string of the molecule is Nc1cc(S(=O)(=O)NCC2CCC2)ccc1F. The van der Waals surface area contributed by atoms with Crippen LogP contribution in [0.1, 0.15) is 19.3 Å². The van der Waals surface area contributed by atoms with Crippen molar-refractivity contribution in [2.24, 2.45) is 5.92 Å². The highest BCUT2D eigenvalue weighted by molar-refractivity contribution is 7.89. The zero-order valence-electron chi connectivity index (χ0n) is 9.32. The van der Waals surface area contributed by atoms with Gasteiger partial charge in [0.15, 0.2) is 0 Å². The lowest BCUT2D eigenvalue weighted by Gasteiger charge is -2.25. The molecular formula is C11H15FN2O2S. The average molecular weight is 258 g/mol. The summed E-state index contributed by atoms with van der Waals surface area (Å²) in [6, 6.07) is 3.42. The van der Waals surface area contributed by atoms with Gasteiger partial charge in [0.1, 0.15) is 5.82 Å². The number of anilines is 1. The number of nitrogens with two attached hydrogens (primary N) is 1. The first-order valence-electron chi connectivity index (χ1n) is 5.54. The van der Waals surface area contributed by atoms with Gasteiger partial charge in [0.05, 0.1) is 10.6 Å². The number of halogens is 1. The van der Waals surface area contributed by atoms with E-state index in [2.05, 4.69) is 4.72 Å². The smallest absolute Gasteiger partial charge is 0.240 e. The first-order valence-corrected chi connectivity index (χ1v) is 7.02. The van der Waals surface area contributed by atoms with E-state index >= 15 is 0 Å². The minimum atomic E-state index is -3.57. The fourth-order valence-electron chi connectivity index (χ4n) is 1.70. The van der Waals surface area contributed by atoms with Crippen molar-refractivity contribution in [2.45, 2.75) is 24.2 Å². The maximum absolute atomic E-state index is 12.9. The van der Waals surface area contributed by atoms with Crippen LogP contribution in [-0.4, -0.2) is 15.0 Å². The lowest BCUT2D eigenvalue weighted by Crippen LogP contribution is -2.32. The summed E-state index contributed by atoms with van der Waals surface area (Å²) in [5.41, 5.74) is 5.19. The Morgan fingerprint density at radius 2 is 2.12 bits per heavy atom. The van der Waals surface area contributed by atoms with Crippen LogP contribution < -0.4 is 10.5 Å². The predicted molar refractivity (Wildman–Crippen MR) is 63.3 cm³/mol. The largest absolute Gasteiger partial charge is 0.396 e. The molecule has 0 heterocycles. The molecule has 4 nitrogen and oxygen atoms in total. The summed E-state index contributed by atoms with van der Waals surface area (Å²) in [6.07, 6.45) is 3.29. The maximum atomic E-state index is 12.9. The van der Waals surface area contributed by atoms with Crippen LogP contribution in [-0.2, 0) is 10.0 Å².